The quantitative estimate of drug-likeness (QED) is 0.577. The van der Waals surface area contributed by atoms with Crippen LogP contribution in [0.3, 0.4) is 0 Å². The first-order valence-corrected chi connectivity index (χ1v) is 6.89. The number of carbonyl (C=O) groups excluding carboxylic acids is 1. The minimum absolute atomic E-state index is 0.0853. The lowest BCUT2D eigenvalue weighted by Gasteiger charge is -2.12. The highest BCUT2D eigenvalue weighted by molar-refractivity contribution is 6.03. The third kappa shape index (κ3) is 2.20. The average molecular weight is 312 g/mol. The molecule has 0 fully saturated rings. The number of hydrogen-bond donors (Lipinski definition) is 4. The molecule has 8 heteroatoms. The minimum Gasteiger partial charge on any atom is -0.508 e. The smallest absolute Gasteiger partial charge is 0.254 e. The van der Waals surface area contributed by atoms with Gasteiger partial charge in [0.2, 0.25) is 0 Å². The van der Waals surface area contributed by atoms with Crippen LogP contribution in [0.4, 0.5) is 5.82 Å². The van der Waals surface area contributed by atoms with Gasteiger partial charge in [-0.05, 0) is 25.5 Å². The Bertz CT molecular complexity index is 895. The van der Waals surface area contributed by atoms with Crippen LogP contribution in [0.15, 0.2) is 24.5 Å². The number of carbonyl (C=O) groups is 1. The average Bonchev–Trinajstić information content (AvgIpc) is 3.12. The number of H-pyrrole nitrogens is 1. The Morgan fingerprint density at radius 3 is 2.70 bits per heavy atom. The predicted octanol–water partition coefficient (Wildman–Crippen LogP) is 1.27. The molecule has 0 atom stereocenters. The molecule has 1 amide bonds. The number of nitrogens with two attached hydrogens (primary N) is 2. The van der Waals surface area contributed by atoms with Crippen molar-refractivity contribution in [3.63, 3.8) is 0 Å². The maximum absolute atomic E-state index is 11.8. The lowest BCUT2D eigenvalue weighted by Crippen LogP contribution is -2.14. The van der Waals surface area contributed by atoms with E-state index in [1.54, 1.807) is 31.5 Å². The molecule has 0 saturated heterocycles. The second-order valence-corrected chi connectivity index (χ2v) is 5.20. The molecule has 2 aromatic heterocycles. The van der Waals surface area contributed by atoms with Gasteiger partial charge in [-0.25, -0.2) is 9.67 Å². The summed E-state index contributed by atoms with van der Waals surface area (Å²) < 4.78 is 1.41. The van der Waals surface area contributed by atoms with Crippen molar-refractivity contribution < 1.29 is 9.90 Å². The highest BCUT2D eigenvalue weighted by Crippen LogP contribution is 2.32. The molecule has 0 bridgehead atoms. The summed E-state index contributed by atoms with van der Waals surface area (Å²) >= 11 is 0. The summed E-state index contributed by atoms with van der Waals surface area (Å²) in [5, 5.41) is 14.3. The van der Waals surface area contributed by atoms with Gasteiger partial charge in [0.25, 0.3) is 5.91 Å². The molecule has 118 valence electrons. The third-order valence-electron chi connectivity index (χ3n) is 3.71. The summed E-state index contributed by atoms with van der Waals surface area (Å²) in [6, 6.07) is 3.34. The molecule has 1 aromatic carbocycles. The zero-order valence-corrected chi connectivity index (χ0v) is 12.7. The number of aromatic hydroxyl groups is 1. The molecular weight excluding hydrogens is 296 g/mol. The molecule has 0 unspecified atom stereocenters. The molecule has 2 heterocycles. The summed E-state index contributed by atoms with van der Waals surface area (Å²) in [5.41, 5.74) is 14.0. The van der Waals surface area contributed by atoms with Gasteiger partial charge in [-0.15, -0.1) is 0 Å². The summed E-state index contributed by atoms with van der Waals surface area (Å²) in [5.74, 6) is -0.100. The number of aryl methyl sites for hydroxylation is 1. The number of anilines is 1. The van der Waals surface area contributed by atoms with Gasteiger partial charge >= 0.3 is 0 Å². The van der Waals surface area contributed by atoms with Crippen molar-refractivity contribution in [3.05, 3.63) is 41.2 Å². The topological polar surface area (TPSA) is 136 Å². The number of primary amides is 1. The van der Waals surface area contributed by atoms with Gasteiger partial charge in [0.15, 0.2) is 5.82 Å². The number of imidazole rings is 1. The van der Waals surface area contributed by atoms with Crippen molar-refractivity contribution in [2.24, 2.45) is 5.73 Å². The van der Waals surface area contributed by atoms with Gasteiger partial charge in [0.1, 0.15) is 22.8 Å². The van der Waals surface area contributed by atoms with E-state index >= 15 is 0 Å². The number of hydrogen-bond acceptors (Lipinski definition) is 5. The number of nitrogens with zero attached hydrogens (tertiary/aromatic N) is 3. The first-order valence-electron chi connectivity index (χ1n) is 6.89. The highest BCUT2D eigenvalue weighted by Gasteiger charge is 2.25. The molecule has 23 heavy (non-hydrogen) atoms. The predicted molar refractivity (Wildman–Crippen MR) is 85.2 cm³/mol. The molecule has 0 aliphatic carbocycles. The van der Waals surface area contributed by atoms with Gasteiger partial charge in [0.05, 0.1) is 5.69 Å². The Balaban J connectivity index is 2.33. The highest BCUT2D eigenvalue weighted by atomic mass is 16.3. The number of aromatic amines is 1. The fourth-order valence-electron chi connectivity index (χ4n) is 2.56. The van der Waals surface area contributed by atoms with Crippen LogP contribution in [0.1, 0.15) is 21.5 Å². The van der Waals surface area contributed by atoms with E-state index in [1.165, 1.54) is 4.68 Å². The van der Waals surface area contributed by atoms with E-state index in [2.05, 4.69) is 15.1 Å². The summed E-state index contributed by atoms with van der Waals surface area (Å²) in [7, 11) is 0. The number of nitrogen functional groups attached to an aromatic ring is 1. The van der Waals surface area contributed by atoms with Gasteiger partial charge < -0.3 is 21.6 Å². The van der Waals surface area contributed by atoms with Crippen LogP contribution >= 0.6 is 0 Å². The number of rotatable bonds is 3. The van der Waals surface area contributed by atoms with E-state index in [0.717, 1.165) is 5.56 Å². The van der Waals surface area contributed by atoms with Crippen molar-refractivity contribution >= 4 is 11.7 Å². The van der Waals surface area contributed by atoms with Crippen LogP contribution in [0.25, 0.3) is 17.2 Å². The number of benzene rings is 1. The van der Waals surface area contributed by atoms with Crippen molar-refractivity contribution in [1.82, 2.24) is 19.7 Å². The van der Waals surface area contributed by atoms with Crippen molar-refractivity contribution in [2.75, 3.05) is 5.73 Å². The van der Waals surface area contributed by atoms with Crippen LogP contribution in [0, 0.1) is 13.8 Å². The molecule has 3 aromatic rings. The number of aromatic nitrogens is 4. The van der Waals surface area contributed by atoms with E-state index in [4.69, 9.17) is 11.5 Å². The fraction of sp³-hybridized carbons (Fsp3) is 0.133. The Morgan fingerprint density at radius 1 is 1.35 bits per heavy atom. The van der Waals surface area contributed by atoms with E-state index in [1.807, 2.05) is 6.92 Å². The third-order valence-corrected chi connectivity index (χ3v) is 3.71. The van der Waals surface area contributed by atoms with E-state index < -0.39 is 5.91 Å². The van der Waals surface area contributed by atoms with Crippen molar-refractivity contribution in [2.45, 2.75) is 13.8 Å². The van der Waals surface area contributed by atoms with Crippen LogP contribution in [-0.4, -0.2) is 30.8 Å². The first kappa shape index (κ1) is 14.6. The van der Waals surface area contributed by atoms with E-state index in [-0.39, 0.29) is 22.8 Å². The maximum atomic E-state index is 11.8. The molecule has 3 rings (SSSR count). The second-order valence-electron chi connectivity index (χ2n) is 5.20. The maximum Gasteiger partial charge on any atom is 0.254 e. The second kappa shape index (κ2) is 5.16. The molecule has 0 saturated carbocycles. The van der Waals surface area contributed by atoms with Crippen LogP contribution < -0.4 is 11.5 Å². The van der Waals surface area contributed by atoms with Crippen molar-refractivity contribution in [1.29, 1.82) is 0 Å². The minimum atomic E-state index is -0.699. The zero-order chi connectivity index (χ0) is 16.7. The van der Waals surface area contributed by atoms with Gasteiger partial charge in [0, 0.05) is 18.0 Å². The Labute approximate surface area is 131 Å². The number of phenols is 1. The zero-order valence-electron chi connectivity index (χ0n) is 12.7. The first-order chi connectivity index (χ1) is 10.9. The molecule has 0 radical (unpaired) electrons. The monoisotopic (exact) mass is 312 g/mol. The number of phenolic OH excluding ortho intramolecular Hbond substituents is 1. The van der Waals surface area contributed by atoms with Gasteiger partial charge in [-0.1, -0.05) is 6.07 Å². The van der Waals surface area contributed by atoms with Gasteiger partial charge in [-0.2, -0.15) is 5.10 Å². The number of nitrogens with one attached hydrogen (secondary N) is 1. The summed E-state index contributed by atoms with van der Waals surface area (Å²) in [6.07, 6.45) is 3.15. The number of amides is 1. The van der Waals surface area contributed by atoms with E-state index in [0.29, 0.717) is 17.1 Å². The molecule has 0 aliphatic rings. The van der Waals surface area contributed by atoms with E-state index in [9.17, 15) is 9.90 Å². The lowest BCUT2D eigenvalue weighted by molar-refractivity contribution is 0.100. The van der Waals surface area contributed by atoms with Crippen molar-refractivity contribution in [3.8, 4) is 23.0 Å². The fourth-order valence-corrected chi connectivity index (χ4v) is 2.56. The van der Waals surface area contributed by atoms with Crippen LogP contribution in [-0.2, 0) is 0 Å². The van der Waals surface area contributed by atoms with Gasteiger partial charge in [-0.3, -0.25) is 4.79 Å². The van der Waals surface area contributed by atoms with Crippen LogP contribution in [0.2, 0.25) is 0 Å². The molecule has 0 spiro atoms. The standard InChI is InChI=1S/C15H16N6O2/c1-7-3-4-9(22)8(2)12(7)21-13(16)10(14(17)23)11(20-21)15-18-5-6-19-15/h3-6,22H,16H2,1-2H3,(H2,17,23)(H,18,19). The summed E-state index contributed by atoms with van der Waals surface area (Å²) in [6.45, 7) is 3.61. The van der Waals surface area contributed by atoms with Crippen LogP contribution in [0.5, 0.6) is 5.75 Å². The molecule has 8 nitrogen and oxygen atoms in total. The lowest BCUT2D eigenvalue weighted by atomic mass is 10.1. The Morgan fingerprint density at radius 2 is 2.09 bits per heavy atom. The SMILES string of the molecule is Cc1ccc(O)c(C)c1-n1nc(-c2ncc[nH]2)c(C(N)=O)c1N. The Kier molecular flexibility index (Phi) is 3.29. The molecular formula is C15H16N6O2. The Hall–Kier alpha value is -3.29. The normalized spacial score (nSPS) is 10.9. The molecule has 6 N–H and O–H groups in total. The summed E-state index contributed by atoms with van der Waals surface area (Å²) in [4.78, 5) is 18.8. The largest absolute Gasteiger partial charge is 0.508 e. The molecule has 0 aliphatic heterocycles.